The van der Waals surface area contributed by atoms with Crippen LogP contribution in [0.3, 0.4) is 0 Å². The molecule has 7 heteroatoms. The van der Waals surface area contributed by atoms with E-state index in [1.54, 1.807) is 30.5 Å². The quantitative estimate of drug-likeness (QED) is 0.815. The summed E-state index contributed by atoms with van der Waals surface area (Å²) in [6.45, 7) is 3.73. The third kappa shape index (κ3) is 4.04. The Morgan fingerprint density at radius 3 is 2.62 bits per heavy atom. The molecule has 0 atom stereocenters. The number of aromatic nitrogens is 1. The van der Waals surface area contributed by atoms with Gasteiger partial charge in [-0.2, -0.15) is 0 Å². The van der Waals surface area contributed by atoms with Crippen molar-refractivity contribution in [1.29, 1.82) is 0 Å². The Morgan fingerprint density at radius 1 is 1.29 bits per heavy atom. The number of pyridine rings is 1. The Labute approximate surface area is 148 Å². The second-order valence-electron chi connectivity index (χ2n) is 5.48. The summed E-state index contributed by atoms with van der Waals surface area (Å²) in [4.78, 5) is 17.6. The lowest BCUT2D eigenvalue weighted by Crippen LogP contribution is -2.37. The number of hydrogen-bond donors (Lipinski definition) is 2. The Morgan fingerprint density at radius 2 is 2.00 bits per heavy atom. The minimum atomic E-state index is -0.915. The molecule has 2 N–H and O–H groups in total. The van der Waals surface area contributed by atoms with E-state index in [0.717, 1.165) is 47.8 Å². The molecule has 0 bridgehead atoms. The molecule has 1 aliphatic rings. The number of morpholine rings is 1. The van der Waals surface area contributed by atoms with Gasteiger partial charge in [-0.05, 0) is 39.7 Å². The number of hydrogen-bond acceptors (Lipinski definition) is 5. The van der Waals surface area contributed by atoms with E-state index in [2.05, 4.69) is 31.1 Å². The van der Waals surface area contributed by atoms with Gasteiger partial charge < -0.3 is 20.1 Å². The first-order valence-corrected chi connectivity index (χ1v) is 8.47. The Bertz CT molecular complexity index is 716. The van der Waals surface area contributed by atoms with Gasteiger partial charge in [0, 0.05) is 19.6 Å². The number of nitrogens with one attached hydrogen (secondary N) is 1. The van der Waals surface area contributed by atoms with Crippen LogP contribution in [0.5, 0.6) is 0 Å². The van der Waals surface area contributed by atoms with E-state index in [0.29, 0.717) is 6.54 Å². The highest BCUT2D eigenvalue weighted by atomic mass is 79.9. The van der Waals surface area contributed by atoms with Crippen LogP contribution in [-0.2, 0) is 11.3 Å². The van der Waals surface area contributed by atoms with Crippen LogP contribution in [0.25, 0.3) is 0 Å². The number of carboxylic acids is 1. The van der Waals surface area contributed by atoms with E-state index in [1.807, 2.05) is 6.07 Å². The molecular weight excluding hydrogens is 374 g/mol. The smallest absolute Gasteiger partial charge is 0.335 e. The average Bonchev–Trinajstić information content (AvgIpc) is 2.61. The van der Waals surface area contributed by atoms with E-state index < -0.39 is 5.97 Å². The van der Waals surface area contributed by atoms with Crippen LogP contribution in [0.2, 0.25) is 0 Å². The minimum absolute atomic E-state index is 0.290. The van der Waals surface area contributed by atoms with Crippen molar-refractivity contribution in [2.75, 3.05) is 36.5 Å². The van der Waals surface area contributed by atoms with Crippen molar-refractivity contribution in [2.45, 2.75) is 6.54 Å². The summed E-state index contributed by atoms with van der Waals surface area (Å²) < 4.78 is 6.30. The maximum absolute atomic E-state index is 10.9. The summed E-state index contributed by atoms with van der Waals surface area (Å²) in [6, 6.07) is 8.83. The standard InChI is InChI=1S/C17H18BrN3O3/c18-15-9-14(11-20-16(15)21-5-7-24-8-6-21)19-10-12-1-3-13(4-2-12)17(22)23/h1-4,9,11,19H,5-8,10H2,(H,22,23). The van der Waals surface area contributed by atoms with E-state index >= 15 is 0 Å². The Balaban J connectivity index is 1.63. The highest BCUT2D eigenvalue weighted by Gasteiger charge is 2.15. The molecule has 24 heavy (non-hydrogen) atoms. The van der Waals surface area contributed by atoms with Crippen LogP contribution in [0.1, 0.15) is 15.9 Å². The molecule has 1 aromatic carbocycles. The first kappa shape index (κ1) is 16.7. The molecule has 0 unspecified atom stereocenters. The highest BCUT2D eigenvalue weighted by Crippen LogP contribution is 2.27. The molecular formula is C17H18BrN3O3. The number of ether oxygens (including phenoxy) is 1. The second-order valence-corrected chi connectivity index (χ2v) is 6.34. The SMILES string of the molecule is O=C(O)c1ccc(CNc2cnc(N3CCOCC3)c(Br)c2)cc1. The Kier molecular flexibility index (Phi) is 5.32. The minimum Gasteiger partial charge on any atom is -0.478 e. The molecule has 0 saturated carbocycles. The summed E-state index contributed by atoms with van der Waals surface area (Å²) in [6.07, 6.45) is 1.81. The third-order valence-electron chi connectivity index (χ3n) is 3.83. The lowest BCUT2D eigenvalue weighted by atomic mass is 10.1. The summed E-state index contributed by atoms with van der Waals surface area (Å²) in [5, 5.41) is 12.2. The number of rotatable bonds is 5. The topological polar surface area (TPSA) is 74.7 Å². The van der Waals surface area contributed by atoms with Gasteiger partial charge in [-0.25, -0.2) is 9.78 Å². The lowest BCUT2D eigenvalue weighted by molar-refractivity contribution is 0.0697. The van der Waals surface area contributed by atoms with Crippen LogP contribution in [0.15, 0.2) is 41.0 Å². The van der Waals surface area contributed by atoms with Crippen molar-refractivity contribution in [2.24, 2.45) is 0 Å². The summed E-state index contributed by atoms with van der Waals surface area (Å²) >= 11 is 3.58. The van der Waals surface area contributed by atoms with Gasteiger partial charge in [-0.15, -0.1) is 0 Å². The molecule has 2 aromatic rings. The fourth-order valence-electron chi connectivity index (χ4n) is 2.50. The van der Waals surface area contributed by atoms with E-state index in [-0.39, 0.29) is 5.56 Å². The fourth-order valence-corrected chi connectivity index (χ4v) is 3.10. The number of carbonyl (C=O) groups is 1. The first-order valence-electron chi connectivity index (χ1n) is 7.68. The van der Waals surface area contributed by atoms with Crippen molar-refractivity contribution >= 4 is 33.4 Å². The molecule has 0 aliphatic carbocycles. The fraction of sp³-hybridized carbons (Fsp3) is 0.294. The molecule has 0 radical (unpaired) electrons. The number of aromatic carboxylic acids is 1. The van der Waals surface area contributed by atoms with Crippen molar-refractivity contribution in [3.63, 3.8) is 0 Å². The van der Waals surface area contributed by atoms with Gasteiger partial charge in [0.05, 0.1) is 35.1 Å². The number of nitrogens with zero attached hydrogens (tertiary/aromatic N) is 2. The average molecular weight is 392 g/mol. The Hall–Kier alpha value is -2.12. The molecule has 1 fully saturated rings. The maximum Gasteiger partial charge on any atom is 0.335 e. The molecule has 2 heterocycles. The first-order chi connectivity index (χ1) is 11.6. The predicted molar refractivity (Wildman–Crippen MR) is 95.7 cm³/mol. The normalized spacial score (nSPS) is 14.5. The lowest BCUT2D eigenvalue weighted by Gasteiger charge is -2.28. The van der Waals surface area contributed by atoms with Gasteiger partial charge in [0.15, 0.2) is 0 Å². The number of carboxylic acid groups (broad SMARTS) is 1. The second kappa shape index (κ2) is 7.63. The van der Waals surface area contributed by atoms with Gasteiger partial charge in [-0.3, -0.25) is 0 Å². The van der Waals surface area contributed by atoms with Gasteiger partial charge in [-0.1, -0.05) is 12.1 Å². The van der Waals surface area contributed by atoms with Crippen LogP contribution in [0.4, 0.5) is 11.5 Å². The maximum atomic E-state index is 10.9. The summed E-state index contributed by atoms with van der Waals surface area (Å²) in [5.74, 6) is 0.0102. The largest absolute Gasteiger partial charge is 0.478 e. The molecule has 0 amide bonds. The third-order valence-corrected chi connectivity index (χ3v) is 4.41. The number of halogens is 1. The van der Waals surface area contributed by atoms with E-state index in [4.69, 9.17) is 9.84 Å². The van der Waals surface area contributed by atoms with Gasteiger partial charge in [0.25, 0.3) is 0 Å². The van der Waals surface area contributed by atoms with Gasteiger partial charge in [0.1, 0.15) is 5.82 Å². The molecule has 1 aliphatic heterocycles. The molecule has 1 saturated heterocycles. The van der Waals surface area contributed by atoms with Crippen LogP contribution >= 0.6 is 15.9 Å². The van der Waals surface area contributed by atoms with Gasteiger partial charge in [0.2, 0.25) is 0 Å². The van der Waals surface area contributed by atoms with Crippen molar-refractivity contribution in [1.82, 2.24) is 4.98 Å². The zero-order valence-electron chi connectivity index (χ0n) is 13.0. The molecule has 0 spiro atoms. The zero-order valence-corrected chi connectivity index (χ0v) is 14.6. The molecule has 3 rings (SSSR count). The van der Waals surface area contributed by atoms with E-state index in [1.165, 1.54) is 0 Å². The monoisotopic (exact) mass is 391 g/mol. The van der Waals surface area contributed by atoms with E-state index in [9.17, 15) is 4.79 Å². The van der Waals surface area contributed by atoms with Gasteiger partial charge >= 0.3 is 5.97 Å². The zero-order chi connectivity index (χ0) is 16.9. The van der Waals surface area contributed by atoms with Crippen molar-refractivity contribution < 1.29 is 14.6 Å². The molecule has 6 nitrogen and oxygen atoms in total. The molecule has 126 valence electrons. The predicted octanol–water partition coefficient (Wildman–Crippen LogP) is 2.99. The van der Waals surface area contributed by atoms with Crippen LogP contribution in [-0.4, -0.2) is 42.4 Å². The van der Waals surface area contributed by atoms with Crippen LogP contribution in [0, 0.1) is 0 Å². The number of benzene rings is 1. The van der Waals surface area contributed by atoms with Crippen molar-refractivity contribution in [3.8, 4) is 0 Å². The van der Waals surface area contributed by atoms with Crippen molar-refractivity contribution in [3.05, 3.63) is 52.1 Å². The van der Waals surface area contributed by atoms with Crippen LogP contribution < -0.4 is 10.2 Å². The molecule has 1 aromatic heterocycles. The highest BCUT2D eigenvalue weighted by molar-refractivity contribution is 9.10. The summed E-state index contributed by atoms with van der Waals surface area (Å²) in [7, 11) is 0. The summed E-state index contributed by atoms with van der Waals surface area (Å²) in [5.41, 5.74) is 2.20. The number of anilines is 2.